The maximum atomic E-state index is 12.0. The number of hydrogen-bond donors (Lipinski definition) is 1. The highest BCUT2D eigenvalue weighted by Crippen LogP contribution is 2.39. The van der Waals surface area contributed by atoms with Gasteiger partial charge in [0.15, 0.2) is 0 Å². The molecule has 0 amide bonds. The van der Waals surface area contributed by atoms with E-state index < -0.39 is 12.5 Å². The molecule has 0 bridgehead atoms. The molecule has 2 rings (SSSR count). The number of alkyl halides is 3. The molecule has 0 radical (unpaired) electrons. The molecular weight excluding hydrogens is 285 g/mol. The summed E-state index contributed by atoms with van der Waals surface area (Å²) in [5, 5.41) is 10.1. The molecular formula is C15H19F3O3. The van der Waals surface area contributed by atoms with Crippen molar-refractivity contribution in [2.75, 3.05) is 7.11 Å². The van der Waals surface area contributed by atoms with Crippen LogP contribution in [0.4, 0.5) is 13.2 Å². The number of rotatable bonds is 6. The lowest BCUT2D eigenvalue weighted by Gasteiger charge is -2.41. The monoisotopic (exact) mass is 304 g/mol. The van der Waals surface area contributed by atoms with Gasteiger partial charge in [0.05, 0.1) is 11.7 Å². The zero-order valence-electron chi connectivity index (χ0n) is 11.8. The van der Waals surface area contributed by atoms with E-state index in [2.05, 4.69) is 4.74 Å². The fourth-order valence-electron chi connectivity index (χ4n) is 2.66. The molecule has 0 aliphatic heterocycles. The van der Waals surface area contributed by atoms with Crippen LogP contribution in [0.15, 0.2) is 24.3 Å². The van der Waals surface area contributed by atoms with Crippen LogP contribution in [0.5, 0.6) is 5.75 Å². The maximum Gasteiger partial charge on any atom is 0.573 e. The van der Waals surface area contributed by atoms with Crippen molar-refractivity contribution in [1.29, 1.82) is 0 Å². The zero-order valence-corrected chi connectivity index (χ0v) is 11.8. The van der Waals surface area contributed by atoms with E-state index in [1.807, 2.05) is 0 Å². The predicted molar refractivity (Wildman–Crippen MR) is 71.0 cm³/mol. The summed E-state index contributed by atoms with van der Waals surface area (Å²) in [6, 6.07) is 5.57. The standard InChI is InChI=1S/C15H19F3O3/c1-20-14(7-2-8-14)10-12(19)9-11-3-5-13(6-4-11)21-15(16,17)18/h3-6,12,19H,2,7-10H2,1H3. The quantitative estimate of drug-likeness (QED) is 0.875. The Labute approximate surface area is 121 Å². The van der Waals surface area contributed by atoms with E-state index in [-0.39, 0.29) is 11.4 Å². The molecule has 1 N–H and O–H groups in total. The third-order valence-corrected chi connectivity index (χ3v) is 3.93. The van der Waals surface area contributed by atoms with Crippen molar-refractivity contribution in [1.82, 2.24) is 0 Å². The third-order valence-electron chi connectivity index (χ3n) is 3.93. The Hall–Kier alpha value is -1.27. The molecule has 6 heteroatoms. The largest absolute Gasteiger partial charge is 0.573 e. The van der Waals surface area contributed by atoms with Crippen molar-refractivity contribution in [3.63, 3.8) is 0 Å². The van der Waals surface area contributed by atoms with E-state index in [4.69, 9.17) is 4.74 Å². The van der Waals surface area contributed by atoms with E-state index in [0.29, 0.717) is 12.8 Å². The molecule has 118 valence electrons. The molecule has 1 aliphatic carbocycles. The van der Waals surface area contributed by atoms with E-state index in [1.165, 1.54) is 24.3 Å². The molecule has 1 unspecified atom stereocenters. The fourth-order valence-corrected chi connectivity index (χ4v) is 2.66. The van der Waals surface area contributed by atoms with Gasteiger partial charge in [-0.2, -0.15) is 0 Å². The summed E-state index contributed by atoms with van der Waals surface area (Å²) in [7, 11) is 1.65. The number of ether oxygens (including phenoxy) is 2. The van der Waals surface area contributed by atoms with Gasteiger partial charge in [0.25, 0.3) is 0 Å². The maximum absolute atomic E-state index is 12.0. The molecule has 1 aliphatic rings. The third kappa shape index (κ3) is 4.61. The van der Waals surface area contributed by atoms with Crippen LogP contribution >= 0.6 is 0 Å². The summed E-state index contributed by atoms with van der Waals surface area (Å²) in [6.07, 6.45) is -1.33. The number of hydrogen-bond acceptors (Lipinski definition) is 3. The number of aliphatic hydroxyl groups is 1. The van der Waals surface area contributed by atoms with Gasteiger partial charge in [-0.15, -0.1) is 13.2 Å². The van der Waals surface area contributed by atoms with Crippen molar-refractivity contribution in [2.45, 2.75) is 50.2 Å². The van der Waals surface area contributed by atoms with Crippen molar-refractivity contribution in [2.24, 2.45) is 0 Å². The molecule has 1 fully saturated rings. The van der Waals surface area contributed by atoms with E-state index in [1.54, 1.807) is 7.11 Å². The Balaban J connectivity index is 1.88. The first kappa shape index (κ1) is 16.1. The average Bonchev–Trinajstić information content (AvgIpc) is 2.34. The van der Waals surface area contributed by atoms with Crippen molar-refractivity contribution in [3.05, 3.63) is 29.8 Å². The topological polar surface area (TPSA) is 38.7 Å². The minimum Gasteiger partial charge on any atom is -0.406 e. The van der Waals surface area contributed by atoms with Gasteiger partial charge in [-0.05, 0) is 43.4 Å². The van der Waals surface area contributed by atoms with Crippen LogP contribution in [0, 0.1) is 0 Å². The first-order chi connectivity index (χ1) is 9.82. The molecule has 3 nitrogen and oxygen atoms in total. The Bertz CT molecular complexity index is 447. The second-order valence-electron chi connectivity index (χ2n) is 5.49. The second-order valence-corrected chi connectivity index (χ2v) is 5.49. The van der Waals surface area contributed by atoms with E-state index in [9.17, 15) is 18.3 Å². The lowest BCUT2D eigenvalue weighted by molar-refractivity contribution is -0.274. The van der Waals surface area contributed by atoms with Crippen LogP contribution in [0.3, 0.4) is 0 Å². The van der Waals surface area contributed by atoms with Gasteiger partial charge in [0.2, 0.25) is 0 Å². The van der Waals surface area contributed by atoms with Crippen LogP contribution in [0.1, 0.15) is 31.2 Å². The van der Waals surface area contributed by atoms with Crippen molar-refractivity contribution < 1.29 is 27.8 Å². The summed E-state index contributed by atoms with van der Waals surface area (Å²) in [5.74, 6) is -0.256. The van der Waals surface area contributed by atoms with Crippen LogP contribution in [0.25, 0.3) is 0 Å². The first-order valence-electron chi connectivity index (χ1n) is 6.90. The van der Waals surface area contributed by atoms with Crippen LogP contribution in [-0.2, 0) is 11.2 Å². The average molecular weight is 304 g/mol. The Morgan fingerprint density at radius 1 is 1.24 bits per heavy atom. The fraction of sp³-hybridized carbons (Fsp3) is 0.600. The lowest BCUT2D eigenvalue weighted by Crippen LogP contribution is -2.42. The van der Waals surface area contributed by atoms with Gasteiger partial charge in [0, 0.05) is 13.5 Å². The summed E-state index contributed by atoms with van der Waals surface area (Å²) >= 11 is 0. The lowest BCUT2D eigenvalue weighted by atomic mass is 9.75. The molecule has 0 heterocycles. The van der Waals surface area contributed by atoms with Gasteiger partial charge in [-0.3, -0.25) is 0 Å². The number of methoxy groups -OCH3 is 1. The highest BCUT2D eigenvalue weighted by atomic mass is 19.4. The Morgan fingerprint density at radius 2 is 1.86 bits per heavy atom. The van der Waals surface area contributed by atoms with Gasteiger partial charge in [-0.1, -0.05) is 12.1 Å². The van der Waals surface area contributed by atoms with Crippen LogP contribution < -0.4 is 4.74 Å². The number of benzene rings is 1. The molecule has 1 atom stereocenters. The summed E-state index contributed by atoms with van der Waals surface area (Å²) in [6.45, 7) is 0. The molecule has 0 spiro atoms. The summed E-state index contributed by atoms with van der Waals surface area (Å²) < 4.78 is 45.4. The smallest absolute Gasteiger partial charge is 0.406 e. The molecule has 1 saturated carbocycles. The minimum absolute atomic E-state index is 0.223. The molecule has 0 aromatic heterocycles. The SMILES string of the molecule is COC1(CC(O)Cc2ccc(OC(F)(F)F)cc2)CCC1. The summed E-state index contributed by atoms with van der Waals surface area (Å²) in [4.78, 5) is 0. The molecule has 1 aromatic rings. The highest BCUT2D eigenvalue weighted by Gasteiger charge is 2.38. The summed E-state index contributed by atoms with van der Waals surface area (Å²) in [5.41, 5.74) is 0.543. The Kier molecular flexibility index (Phi) is 4.78. The van der Waals surface area contributed by atoms with Crippen molar-refractivity contribution in [3.8, 4) is 5.75 Å². The normalized spacial score (nSPS) is 18.9. The molecule has 0 saturated heterocycles. The van der Waals surface area contributed by atoms with E-state index >= 15 is 0 Å². The molecule has 21 heavy (non-hydrogen) atoms. The number of halogens is 3. The van der Waals surface area contributed by atoms with Gasteiger partial charge >= 0.3 is 6.36 Å². The van der Waals surface area contributed by atoms with E-state index in [0.717, 1.165) is 24.8 Å². The van der Waals surface area contributed by atoms with Crippen molar-refractivity contribution >= 4 is 0 Å². The second kappa shape index (κ2) is 6.23. The highest BCUT2D eigenvalue weighted by molar-refractivity contribution is 5.27. The zero-order chi connectivity index (χ0) is 15.5. The van der Waals surface area contributed by atoms with Gasteiger partial charge in [0.1, 0.15) is 5.75 Å². The first-order valence-corrected chi connectivity index (χ1v) is 6.90. The van der Waals surface area contributed by atoms with Crippen LogP contribution in [-0.4, -0.2) is 30.3 Å². The van der Waals surface area contributed by atoms with Gasteiger partial charge in [-0.25, -0.2) is 0 Å². The Morgan fingerprint density at radius 3 is 2.29 bits per heavy atom. The minimum atomic E-state index is -4.68. The predicted octanol–water partition coefficient (Wildman–Crippen LogP) is 3.45. The number of aliphatic hydroxyl groups excluding tert-OH is 1. The molecule has 1 aromatic carbocycles. The van der Waals surface area contributed by atoms with Crippen LogP contribution in [0.2, 0.25) is 0 Å². The van der Waals surface area contributed by atoms with Gasteiger partial charge < -0.3 is 14.6 Å².